The minimum absolute atomic E-state index is 0.137. The molecule has 3 aromatic heterocycles. The molecule has 0 fully saturated rings. The third-order valence-corrected chi connectivity index (χ3v) is 4.17. The van der Waals surface area contributed by atoms with E-state index in [1.165, 1.54) is 0 Å². The third-order valence-electron chi connectivity index (χ3n) is 3.93. The zero-order valence-corrected chi connectivity index (χ0v) is 13.2. The van der Waals surface area contributed by atoms with Gasteiger partial charge in [0.25, 0.3) is 0 Å². The van der Waals surface area contributed by atoms with Gasteiger partial charge in [-0.15, -0.1) is 0 Å². The first-order valence-electron chi connectivity index (χ1n) is 7.34. The number of halogens is 1. The molecule has 0 aliphatic rings. The highest BCUT2D eigenvalue weighted by Crippen LogP contribution is 2.34. The van der Waals surface area contributed by atoms with Crippen molar-refractivity contribution in [3.63, 3.8) is 0 Å². The van der Waals surface area contributed by atoms with E-state index in [0.29, 0.717) is 10.7 Å². The van der Waals surface area contributed by atoms with E-state index < -0.39 is 5.97 Å². The average molecular weight is 338 g/mol. The van der Waals surface area contributed by atoms with Crippen LogP contribution in [-0.4, -0.2) is 25.6 Å². The Morgan fingerprint density at radius 2 is 1.96 bits per heavy atom. The van der Waals surface area contributed by atoms with Crippen LogP contribution in [0.5, 0.6) is 0 Å². The van der Waals surface area contributed by atoms with Crippen molar-refractivity contribution in [2.75, 3.05) is 0 Å². The molecule has 0 atom stereocenters. The Kier molecular flexibility index (Phi) is 3.43. The van der Waals surface area contributed by atoms with Crippen molar-refractivity contribution < 1.29 is 9.90 Å². The number of pyridine rings is 2. The van der Waals surface area contributed by atoms with Gasteiger partial charge < -0.3 is 9.67 Å². The number of carboxylic acid groups (broad SMARTS) is 1. The van der Waals surface area contributed by atoms with E-state index >= 15 is 0 Å². The van der Waals surface area contributed by atoms with Gasteiger partial charge in [0.05, 0.1) is 5.52 Å². The fourth-order valence-corrected chi connectivity index (χ4v) is 3.13. The first kappa shape index (κ1) is 14.7. The number of rotatable bonds is 3. The molecule has 0 aliphatic heterocycles. The van der Waals surface area contributed by atoms with Crippen LogP contribution in [0.4, 0.5) is 0 Å². The van der Waals surface area contributed by atoms with Gasteiger partial charge in [-0.25, -0.2) is 4.98 Å². The standard InChI is InChI=1S/C18H12ClN3O2/c19-11-3-4-13-12(5-7-20-16(13)8-11)15-9-22(10-17(23)24)18-14(15)2-1-6-21-18/h1-9H,10H2,(H,23,24). The molecule has 0 saturated carbocycles. The lowest BCUT2D eigenvalue weighted by Gasteiger charge is -2.05. The molecule has 0 bridgehead atoms. The number of fused-ring (bicyclic) bond motifs is 2. The van der Waals surface area contributed by atoms with Crippen LogP contribution in [0.15, 0.2) is 55.0 Å². The smallest absolute Gasteiger partial charge is 0.323 e. The summed E-state index contributed by atoms with van der Waals surface area (Å²) in [7, 11) is 0. The molecule has 3 heterocycles. The van der Waals surface area contributed by atoms with Crippen LogP contribution in [0.2, 0.25) is 5.02 Å². The normalized spacial score (nSPS) is 11.2. The summed E-state index contributed by atoms with van der Waals surface area (Å²) in [6.07, 6.45) is 5.22. The molecule has 4 rings (SSSR count). The van der Waals surface area contributed by atoms with E-state index in [4.69, 9.17) is 16.7 Å². The van der Waals surface area contributed by atoms with Crippen LogP contribution in [0.3, 0.4) is 0 Å². The second kappa shape index (κ2) is 5.62. The lowest BCUT2D eigenvalue weighted by atomic mass is 10.0. The molecule has 118 valence electrons. The minimum atomic E-state index is -0.907. The predicted octanol–water partition coefficient (Wildman–Crippen LogP) is 3.99. The van der Waals surface area contributed by atoms with Crippen molar-refractivity contribution in [2.24, 2.45) is 0 Å². The predicted molar refractivity (Wildman–Crippen MR) is 93.1 cm³/mol. The summed E-state index contributed by atoms with van der Waals surface area (Å²) in [6.45, 7) is -0.137. The van der Waals surface area contributed by atoms with Crippen molar-refractivity contribution in [1.82, 2.24) is 14.5 Å². The third kappa shape index (κ3) is 2.39. The minimum Gasteiger partial charge on any atom is -0.480 e. The van der Waals surface area contributed by atoms with E-state index in [0.717, 1.165) is 27.4 Å². The highest BCUT2D eigenvalue weighted by atomic mass is 35.5. The topological polar surface area (TPSA) is 68.0 Å². The largest absolute Gasteiger partial charge is 0.480 e. The number of nitrogens with zero attached hydrogens (tertiary/aromatic N) is 3. The zero-order valence-electron chi connectivity index (χ0n) is 12.5. The van der Waals surface area contributed by atoms with Gasteiger partial charge in [0, 0.05) is 39.9 Å². The monoisotopic (exact) mass is 337 g/mol. The Bertz CT molecular complexity index is 1090. The second-order valence-corrected chi connectivity index (χ2v) is 5.90. The molecule has 0 saturated heterocycles. The van der Waals surface area contributed by atoms with Gasteiger partial charge in [0.15, 0.2) is 0 Å². The molecule has 5 nitrogen and oxygen atoms in total. The number of aromatic nitrogens is 3. The number of carboxylic acids is 1. The molecule has 0 unspecified atom stereocenters. The fraction of sp³-hybridized carbons (Fsp3) is 0.0556. The number of benzene rings is 1. The van der Waals surface area contributed by atoms with E-state index in [1.54, 1.807) is 17.0 Å². The summed E-state index contributed by atoms with van der Waals surface area (Å²) < 4.78 is 1.65. The molecule has 0 amide bonds. The van der Waals surface area contributed by atoms with E-state index in [-0.39, 0.29) is 6.54 Å². The van der Waals surface area contributed by atoms with Crippen LogP contribution >= 0.6 is 11.6 Å². The van der Waals surface area contributed by atoms with E-state index in [2.05, 4.69) is 9.97 Å². The summed E-state index contributed by atoms with van der Waals surface area (Å²) in [4.78, 5) is 19.8. The van der Waals surface area contributed by atoms with Gasteiger partial charge in [-0.05, 0) is 35.9 Å². The maximum Gasteiger partial charge on any atom is 0.323 e. The lowest BCUT2D eigenvalue weighted by Crippen LogP contribution is -2.07. The van der Waals surface area contributed by atoms with Crippen LogP contribution in [0, 0.1) is 0 Å². The molecule has 0 radical (unpaired) electrons. The Balaban J connectivity index is 2.02. The number of carbonyl (C=O) groups is 1. The van der Waals surface area contributed by atoms with Crippen molar-refractivity contribution in [2.45, 2.75) is 6.54 Å². The van der Waals surface area contributed by atoms with Crippen LogP contribution in [0.25, 0.3) is 33.1 Å². The van der Waals surface area contributed by atoms with Gasteiger partial charge in [-0.2, -0.15) is 0 Å². The summed E-state index contributed by atoms with van der Waals surface area (Å²) in [5, 5.41) is 11.6. The van der Waals surface area contributed by atoms with Gasteiger partial charge in [-0.3, -0.25) is 9.78 Å². The molecule has 1 aromatic carbocycles. The Morgan fingerprint density at radius 1 is 1.08 bits per heavy atom. The molecular weight excluding hydrogens is 326 g/mol. The number of hydrogen-bond donors (Lipinski definition) is 1. The van der Waals surface area contributed by atoms with Gasteiger partial charge >= 0.3 is 5.97 Å². The number of aliphatic carboxylic acids is 1. The van der Waals surface area contributed by atoms with Crippen LogP contribution in [0.1, 0.15) is 0 Å². The maximum absolute atomic E-state index is 11.1. The first-order valence-corrected chi connectivity index (χ1v) is 7.71. The van der Waals surface area contributed by atoms with Gasteiger partial charge in [-0.1, -0.05) is 17.7 Å². The molecule has 1 N–H and O–H groups in total. The quantitative estimate of drug-likeness (QED) is 0.613. The Labute approximate surface area is 142 Å². The highest BCUT2D eigenvalue weighted by Gasteiger charge is 2.15. The summed E-state index contributed by atoms with van der Waals surface area (Å²) in [5.41, 5.74) is 3.34. The maximum atomic E-state index is 11.1. The summed E-state index contributed by atoms with van der Waals surface area (Å²) in [6, 6.07) is 11.3. The summed E-state index contributed by atoms with van der Waals surface area (Å²) in [5.74, 6) is -0.907. The zero-order chi connectivity index (χ0) is 16.7. The average Bonchev–Trinajstić information content (AvgIpc) is 2.92. The Hall–Kier alpha value is -2.92. The van der Waals surface area contributed by atoms with Crippen molar-refractivity contribution in [3.8, 4) is 11.1 Å². The lowest BCUT2D eigenvalue weighted by molar-refractivity contribution is -0.137. The van der Waals surface area contributed by atoms with Gasteiger partial charge in [0.1, 0.15) is 12.2 Å². The van der Waals surface area contributed by atoms with E-state index in [1.807, 2.05) is 42.6 Å². The first-order chi connectivity index (χ1) is 11.6. The van der Waals surface area contributed by atoms with Crippen molar-refractivity contribution in [1.29, 1.82) is 0 Å². The van der Waals surface area contributed by atoms with Crippen LogP contribution < -0.4 is 0 Å². The van der Waals surface area contributed by atoms with Gasteiger partial charge in [0.2, 0.25) is 0 Å². The molecule has 24 heavy (non-hydrogen) atoms. The highest BCUT2D eigenvalue weighted by molar-refractivity contribution is 6.31. The van der Waals surface area contributed by atoms with E-state index in [9.17, 15) is 4.79 Å². The molecule has 6 heteroatoms. The SMILES string of the molecule is O=C(O)Cn1cc(-c2ccnc3cc(Cl)ccc23)c2cccnc21. The van der Waals surface area contributed by atoms with Crippen molar-refractivity contribution in [3.05, 3.63) is 60.0 Å². The van der Waals surface area contributed by atoms with Crippen molar-refractivity contribution >= 4 is 39.5 Å². The molecule has 0 aliphatic carbocycles. The fourth-order valence-electron chi connectivity index (χ4n) is 2.96. The molecular formula is C18H12ClN3O2. The van der Waals surface area contributed by atoms with Crippen LogP contribution in [-0.2, 0) is 11.3 Å². The number of hydrogen-bond acceptors (Lipinski definition) is 3. The second-order valence-electron chi connectivity index (χ2n) is 5.46. The molecule has 4 aromatic rings. The summed E-state index contributed by atoms with van der Waals surface area (Å²) >= 11 is 6.05. The Morgan fingerprint density at radius 3 is 2.79 bits per heavy atom. The molecule has 0 spiro atoms.